The minimum Gasteiger partial charge on any atom is -0.508 e. The van der Waals surface area contributed by atoms with Crippen molar-refractivity contribution in [3.63, 3.8) is 0 Å². The average molecular weight is 507 g/mol. The van der Waals surface area contributed by atoms with Crippen molar-refractivity contribution >= 4 is 29.5 Å². The number of nitrogens with two attached hydrogens (primary N) is 1. The van der Waals surface area contributed by atoms with E-state index in [0.717, 1.165) is 0 Å². The number of aromatic nitrogens is 1. The maximum Gasteiger partial charge on any atom is 0.255 e. The number of Topliss-reactive ketones (excluding diaryl/α,β-unsaturated/α-hetero) is 2. The first kappa shape index (κ1) is 24.5. The number of nitrogens with zero attached hydrogens (tertiary/aromatic N) is 2. The molecule has 0 saturated heterocycles. The Labute approximate surface area is 210 Å². The number of hydrogen-bond acceptors (Lipinski definition) is 9. The number of phenols is 1. The zero-order valence-electron chi connectivity index (χ0n) is 20.0. The molecular formula is C26H25N3O8. The van der Waals surface area contributed by atoms with Crippen molar-refractivity contribution in [2.24, 2.45) is 17.6 Å². The second kappa shape index (κ2) is 8.15. The fraction of sp³-hybridized carbons (Fsp3) is 0.308. The van der Waals surface area contributed by atoms with Crippen LogP contribution in [0.5, 0.6) is 5.75 Å². The lowest BCUT2D eigenvalue weighted by molar-refractivity contribution is -0.153. The smallest absolute Gasteiger partial charge is 0.255 e. The van der Waals surface area contributed by atoms with Crippen LogP contribution in [0, 0.1) is 11.8 Å². The quantitative estimate of drug-likeness (QED) is 0.292. The Morgan fingerprint density at radius 3 is 2.49 bits per heavy atom. The standard InChI is InChI=1S/C26H25N3O8/c1-28(2)20-14-8-12-7-13-15(29-6-5-11(9-29)10-30)3-4-16(31)18(13)21(32)17(12)23(34)26(14,37)24(35)19(22(20)33)25(27)36/h3-6,9-10,12,14,20,31-32,35,37H,7-8H2,1-2H3,(H2,27,36)/t12-,14-,20-,26-/m0/s1. The number of primary amides is 1. The molecular weight excluding hydrogens is 482 g/mol. The number of carbonyl (C=O) groups excluding carboxylic acids is 4. The van der Waals surface area contributed by atoms with E-state index in [2.05, 4.69) is 0 Å². The number of benzene rings is 1. The molecule has 2 aromatic rings. The molecule has 11 nitrogen and oxygen atoms in total. The maximum atomic E-state index is 13.8. The molecule has 1 fully saturated rings. The Hall–Kier alpha value is -4.22. The molecule has 11 heteroatoms. The topological polar surface area (TPSA) is 183 Å². The molecule has 0 spiro atoms. The molecule has 0 bridgehead atoms. The number of aliphatic hydroxyl groups excluding tert-OH is 2. The van der Waals surface area contributed by atoms with Gasteiger partial charge in [0.05, 0.1) is 11.6 Å². The number of carbonyl (C=O) groups is 4. The lowest BCUT2D eigenvalue weighted by atomic mass is 9.57. The number of amides is 1. The molecule has 6 N–H and O–H groups in total. The summed E-state index contributed by atoms with van der Waals surface area (Å²) >= 11 is 0. The lowest BCUT2D eigenvalue weighted by Gasteiger charge is -2.50. The van der Waals surface area contributed by atoms with Crippen molar-refractivity contribution in [1.82, 2.24) is 9.47 Å². The largest absolute Gasteiger partial charge is 0.508 e. The number of rotatable bonds is 4. The molecule has 1 heterocycles. The number of aliphatic hydroxyl groups is 3. The van der Waals surface area contributed by atoms with E-state index in [-0.39, 0.29) is 29.7 Å². The van der Waals surface area contributed by atoms with Gasteiger partial charge >= 0.3 is 0 Å². The first-order chi connectivity index (χ1) is 17.4. The van der Waals surface area contributed by atoms with E-state index in [0.29, 0.717) is 23.1 Å². The molecule has 0 radical (unpaired) electrons. The molecule has 1 saturated carbocycles. The van der Waals surface area contributed by atoms with E-state index in [4.69, 9.17) is 5.73 Å². The van der Waals surface area contributed by atoms with Gasteiger partial charge in [-0.05, 0) is 56.6 Å². The van der Waals surface area contributed by atoms with Crippen LogP contribution in [0.25, 0.3) is 11.4 Å². The number of aldehydes is 1. The van der Waals surface area contributed by atoms with Crippen molar-refractivity contribution in [2.75, 3.05) is 14.1 Å². The van der Waals surface area contributed by atoms with Gasteiger partial charge in [-0.3, -0.25) is 24.1 Å². The zero-order valence-corrected chi connectivity index (χ0v) is 20.0. The second-order valence-corrected chi connectivity index (χ2v) is 9.89. The molecule has 192 valence electrons. The summed E-state index contributed by atoms with van der Waals surface area (Å²) in [7, 11) is 3.08. The maximum absolute atomic E-state index is 13.8. The van der Waals surface area contributed by atoms with Gasteiger partial charge < -0.3 is 30.7 Å². The summed E-state index contributed by atoms with van der Waals surface area (Å²) in [6.45, 7) is 0. The Balaban J connectivity index is 1.74. The van der Waals surface area contributed by atoms with E-state index in [9.17, 15) is 39.6 Å². The van der Waals surface area contributed by atoms with E-state index in [1.165, 1.54) is 11.0 Å². The third-order valence-electron chi connectivity index (χ3n) is 7.71. The summed E-state index contributed by atoms with van der Waals surface area (Å²) in [6.07, 6.45) is 4.05. The normalized spacial score (nSPS) is 27.2. The first-order valence-corrected chi connectivity index (χ1v) is 11.6. The Bertz CT molecular complexity index is 1470. The molecule has 4 atom stereocenters. The van der Waals surface area contributed by atoms with Crippen LogP contribution in [0.4, 0.5) is 0 Å². The molecule has 5 rings (SSSR count). The lowest BCUT2D eigenvalue weighted by Crippen LogP contribution is -2.65. The Morgan fingerprint density at radius 1 is 1.19 bits per heavy atom. The van der Waals surface area contributed by atoms with Crippen LogP contribution in [0.2, 0.25) is 0 Å². The molecule has 3 aliphatic rings. The summed E-state index contributed by atoms with van der Waals surface area (Å²) in [5, 5.41) is 44.4. The minimum atomic E-state index is -2.68. The highest BCUT2D eigenvalue weighted by Gasteiger charge is 2.64. The van der Waals surface area contributed by atoms with E-state index < -0.39 is 58.0 Å². The molecule has 1 aromatic carbocycles. The van der Waals surface area contributed by atoms with Gasteiger partial charge in [0.1, 0.15) is 22.8 Å². The van der Waals surface area contributed by atoms with Crippen LogP contribution >= 0.6 is 0 Å². The van der Waals surface area contributed by atoms with Gasteiger partial charge in [0, 0.05) is 35.1 Å². The monoisotopic (exact) mass is 507 g/mol. The van der Waals surface area contributed by atoms with Crippen LogP contribution in [0.15, 0.2) is 47.5 Å². The van der Waals surface area contributed by atoms with Gasteiger partial charge in [-0.2, -0.15) is 0 Å². The SMILES string of the molecule is CN(C)[C@@H]1C(=O)C(C(N)=O)=C(O)[C@@]2(O)C(=O)C3=C(O)c4c(O)ccc(-n5ccc(C=O)c5)c4C[C@H]3C[C@@H]12. The number of hydrogen-bond donors (Lipinski definition) is 5. The molecule has 0 aliphatic heterocycles. The van der Waals surface area contributed by atoms with Crippen molar-refractivity contribution in [3.8, 4) is 11.4 Å². The average Bonchev–Trinajstić information content (AvgIpc) is 3.30. The van der Waals surface area contributed by atoms with Crippen LogP contribution in [0.3, 0.4) is 0 Å². The van der Waals surface area contributed by atoms with E-state index in [1.807, 2.05) is 0 Å². The zero-order chi connectivity index (χ0) is 27.0. The van der Waals surface area contributed by atoms with E-state index >= 15 is 0 Å². The van der Waals surface area contributed by atoms with Crippen molar-refractivity contribution in [2.45, 2.75) is 24.5 Å². The predicted octanol–water partition coefficient (Wildman–Crippen LogP) is 0.567. The number of aromatic hydroxyl groups is 1. The fourth-order valence-electron chi connectivity index (χ4n) is 6.10. The third kappa shape index (κ3) is 3.20. The van der Waals surface area contributed by atoms with Crippen LogP contribution < -0.4 is 5.73 Å². The summed E-state index contributed by atoms with van der Waals surface area (Å²) < 4.78 is 1.65. The highest BCUT2D eigenvalue weighted by Crippen LogP contribution is 2.53. The summed E-state index contributed by atoms with van der Waals surface area (Å²) in [5.41, 5.74) is 3.02. The Kier molecular flexibility index (Phi) is 5.39. The van der Waals surface area contributed by atoms with E-state index in [1.54, 1.807) is 43.2 Å². The van der Waals surface area contributed by atoms with Gasteiger partial charge in [0.15, 0.2) is 17.7 Å². The molecule has 3 aliphatic carbocycles. The van der Waals surface area contributed by atoms with Gasteiger partial charge in [-0.15, -0.1) is 0 Å². The second-order valence-electron chi connectivity index (χ2n) is 9.89. The summed E-state index contributed by atoms with van der Waals surface area (Å²) in [4.78, 5) is 51.7. The number of ketones is 2. The van der Waals surface area contributed by atoms with Crippen LogP contribution in [0.1, 0.15) is 27.9 Å². The van der Waals surface area contributed by atoms with Gasteiger partial charge in [-0.1, -0.05) is 0 Å². The molecule has 1 amide bonds. The van der Waals surface area contributed by atoms with Gasteiger partial charge in [0.2, 0.25) is 5.78 Å². The van der Waals surface area contributed by atoms with Crippen LogP contribution in [-0.2, 0) is 20.8 Å². The summed E-state index contributed by atoms with van der Waals surface area (Å²) in [5.74, 6) is -7.01. The van der Waals surface area contributed by atoms with Gasteiger partial charge in [0.25, 0.3) is 5.91 Å². The van der Waals surface area contributed by atoms with Gasteiger partial charge in [-0.25, -0.2) is 0 Å². The highest BCUT2D eigenvalue weighted by atomic mass is 16.3. The molecule has 1 aromatic heterocycles. The number of fused-ring (bicyclic) bond motifs is 3. The molecule has 0 unspecified atom stereocenters. The highest BCUT2D eigenvalue weighted by molar-refractivity contribution is 6.24. The Morgan fingerprint density at radius 2 is 1.89 bits per heavy atom. The molecule has 37 heavy (non-hydrogen) atoms. The number of likely N-dealkylation sites (N-methyl/N-ethyl adjacent to an activating group) is 1. The van der Waals surface area contributed by atoms with Crippen molar-refractivity contribution in [3.05, 3.63) is 64.2 Å². The minimum absolute atomic E-state index is 0.00781. The van der Waals surface area contributed by atoms with Crippen molar-refractivity contribution < 1.29 is 39.6 Å². The van der Waals surface area contributed by atoms with Crippen molar-refractivity contribution in [1.29, 1.82) is 0 Å². The third-order valence-corrected chi connectivity index (χ3v) is 7.71. The number of phenolic OH excluding ortho intramolecular Hbond substituents is 1. The van der Waals surface area contributed by atoms with Crippen LogP contribution in [-0.4, -0.2) is 79.4 Å². The summed E-state index contributed by atoms with van der Waals surface area (Å²) in [6, 6.07) is 3.39. The predicted molar refractivity (Wildman–Crippen MR) is 129 cm³/mol. The first-order valence-electron chi connectivity index (χ1n) is 11.6. The fourth-order valence-corrected chi connectivity index (χ4v) is 6.10.